The summed E-state index contributed by atoms with van der Waals surface area (Å²) >= 11 is 0. The maximum Gasteiger partial charge on any atom is 0.326 e. The summed E-state index contributed by atoms with van der Waals surface area (Å²) in [4.78, 5) is 0. The Kier molecular flexibility index (Phi) is 0.770. The van der Waals surface area contributed by atoms with Crippen LogP contribution in [0.25, 0.3) is 0 Å². The van der Waals surface area contributed by atoms with Gasteiger partial charge in [0.2, 0.25) is 0 Å². The van der Waals surface area contributed by atoms with Gasteiger partial charge in [0.05, 0.1) is 6.42 Å². The van der Waals surface area contributed by atoms with Gasteiger partial charge in [0.25, 0.3) is 0 Å². The van der Waals surface area contributed by atoms with Crippen LogP contribution in [-0.4, -0.2) is 6.05 Å². The molecule has 0 saturated heterocycles. The summed E-state index contributed by atoms with van der Waals surface area (Å²) < 4.78 is 23.5. The number of hydrogen-bond acceptors (Lipinski definition) is 1. The van der Waals surface area contributed by atoms with Gasteiger partial charge >= 0.3 is 6.05 Å². The molecule has 1 nitrogen and oxygen atoms in total. The van der Waals surface area contributed by atoms with E-state index in [-0.39, 0.29) is 6.42 Å². The molecule has 0 fully saturated rings. The van der Waals surface area contributed by atoms with E-state index in [4.69, 9.17) is 0 Å². The lowest BCUT2D eigenvalue weighted by Gasteiger charge is -2.06. The van der Waals surface area contributed by atoms with Crippen molar-refractivity contribution in [1.82, 2.24) is 5.32 Å². The van der Waals surface area contributed by atoms with E-state index in [9.17, 15) is 8.78 Å². The SMILES string of the molecule is FC1(F)CC=CN1. The van der Waals surface area contributed by atoms with Gasteiger partial charge in [-0.25, -0.2) is 0 Å². The molecule has 3 heteroatoms. The highest BCUT2D eigenvalue weighted by atomic mass is 19.3. The van der Waals surface area contributed by atoms with Crippen molar-refractivity contribution < 1.29 is 8.78 Å². The molecule has 0 aromatic rings. The number of alkyl halides is 2. The van der Waals surface area contributed by atoms with E-state index in [1.165, 1.54) is 12.3 Å². The highest BCUT2D eigenvalue weighted by Crippen LogP contribution is 2.18. The van der Waals surface area contributed by atoms with Crippen LogP contribution in [0, 0.1) is 0 Å². The topological polar surface area (TPSA) is 12.0 Å². The van der Waals surface area contributed by atoms with E-state index < -0.39 is 6.05 Å². The molecule has 40 valence electrons. The third kappa shape index (κ3) is 0.885. The highest BCUT2D eigenvalue weighted by Gasteiger charge is 2.27. The van der Waals surface area contributed by atoms with Crippen molar-refractivity contribution in [3.63, 3.8) is 0 Å². The number of rotatable bonds is 0. The third-order valence-corrected chi connectivity index (χ3v) is 0.787. The zero-order valence-corrected chi connectivity index (χ0v) is 3.62. The van der Waals surface area contributed by atoms with Crippen LogP contribution in [0.2, 0.25) is 0 Å². The van der Waals surface area contributed by atoms with E-state index in [2.05, 4.69) is 0 Å². The van der Waals surface area contributed by atoms with E-state index in [1.54, 1.807) is 0 Å². The zero-order chi connectivity index (χ0) is 5.33. The molecule has 0 bridgehead atoms. The molecule has 7 heavy (non-hydrogen) atoms. The van der Waals surface area contributed by atoms with Crippen molar-refractivity contribution in [2.24, 2.45) is 0 Å². The standard InChI is InChI=1S/C4H5F2N/c5-4(6)2-1-3-7-4/h1,3,7H,2H2. The molecule has 0 atom stereocenters. The fraction of sp³-hybridized carbons (Fsp3) is 0.500. The molecule has 0 saturated carbocycles. The molecular weight excluding hydrogens is 100 g/mol. The average molecular weight is 105 g/mol. The van der Waals surface area contributed by atoms with Crippen molar-refractivity contribution in [2.45, 2.75) is 12.5 Å². The molecule has 1 aliphatic heterocycles. The van der Waals surface area contributed by atoms with Crippen LogP contribution in [0.1, 0.15) is 6.42 Å². The van der Waals surface area contributed by atoms with Crippen LogP contribution in [-0.2, 0) is 0 Å². The Bertz CT molecular complexity index is 87.9. The van der Waals surface area contributed by atoms with Gasteiger partial charge in [-0.15, -0.1) is 0 Å². The van der Waals surface area contributed by atoms with E-state index in [0.717, 1.165) is 0 Å². The van der Waals surface area contributed by atoms with Gasteiger partial charge in [-0.1, -0.05) is 6.08 Å². The Balaban J connectivity index is 2.49. The van der Waals surface area contributed by atoms with Crippen LogP contribution in [0.3, 0.4) is 0 Å². The van der Waals surface area contributed by atoms with Gasteiger partial charge in [-0.3, -0.25) is 0 Å². The predicted octanol–water partition coefficient (Wildman–Crippen LogP) is 1.09. The largest absolute Gasteiger partial charge is 0.334 e. The Morgan fingerprint density at radius 3 is 2.43 bits per heavy atom. The van der Waals surface area contributed by atoms with Crippen molar-refractivity contribution in [3.05, 3.63) is 12.3 Å². The first kappa shape index (κ1) is 4.56. The zero-order valence-electron chi connectivity index (χ0n) is 3.62. The summed E-state index contributed by atoms with van der Waals surface area (Å²) in [6, 6.07) is -2.67. The maximum absolute atomic E-state index is 11.8. The fourth-order valence-corrected chi connectivity index (χ4v) is 0.447. The summed E-state index contributed by atoms with van der Waals surface area (Å²) in [5, 5.41) is 1.88. The van der Waals surface area contributed by atoms with E-state index in [1.807, 2.05) is 5.32 Å². The van der Waals surface area contributed by atoms with Crippen LogP contribution >= 0.6 is 0 Å². The van der Waals surface area contributed by atoms with Gasteiger partial charge in [0, 0.05) is 0 Å². The molecule has 0 aliphatic carbocycles. The second-order valence-electron chi connectivity index (χ2n) is 1.46. The van der Waals surface area contributed by atoms with Gasteiger partial charge in [-0.2, -0.15) is 8.78 Å². The minimum Gasteiger partial charge on any atom is -0.334 e. The minimum atomic E-state index is -2.67. The summed E-state index contributed by atoms with van der Waals surface area (Å²) in [7, 11) is 0. The summed E-state index contributed by atoms with van der Waals surface area (Å²) in [6.45, 7) is 0. The molecule has 0 aromatic carbocycles. The smallest absolute Gasteiger partial charge is 0.326 e. The van der Waals surface area contributed by atoms with Crippen LogP contribution in [0.5, 0.6) is 0 Å². The monoisotopic (exact) mass is 105 g/mol. The quantitative estimate of drug-likeness (QED) is 0.454. The van der Waals surface area contributed by atoms with Gasteiger partial charge in [0.15, 0.2) is 0 Å². The second kappa shape index (κ2) is 1.18. The lowest BCUT2D eigenvalue weighted by atomic mass is 10.4. The average Bonchev–Trinajstić information content (AvgIpc) is 1.84. The van der Waals surface area contributed by atoms with Crippen LogP contribution < -0.4 is 5.32 Å². The maximum atomic E-state index is 11.8. The number of nitrogens with one attached hydrogen (secondary N) is 1. The molecule has 1 aliphatic rings. The first-order chi connectivity index (χ1) is 3.21. The second-order valence-corrected chi connectivity index (χ2v) is 1.46. The molecule has 0 aromatic heterocycles. The van der Waals surface area contributed by atoms with Gasteiger partial charge < -0.3 is 5.32 Å². The Hall–Kier alpha value is -0.600. The molecule has 0 unspecified atom stereocenters. The Labute approximate surface area is 40.0 Å². The Morgan fingerprint density at radius 2 is 2.29 bits per heavy atom. The molecule has 0 radical (unpaired) electrons. The first-order valence-electron chi connectivity index (χ1n) is 2.01. The minimum absolute atomic E-state index is 0.174. The predicted molar refractivity (Wildman–Crippen MR) is 21.8 cm³/mol. The molecule has 1 heterocycles. The van der Waals surface area contributed by atoms with Crippen molar-refractivity contribution >= 4 is 0 Å². The molecule has 0 spiro atoms. The highest BCUT2D eigenvalue weighted by molar-refractivity contribution is 4.94. The lowest BCUT2D eigenvalue weighted by Crippen LogP contribution is -2.26. The van der Waals surface area contributed by atoms with Gasteiger partial charge in [-0.05, 0) is 6.20 Å². The first-order valence-corrected chi connectivity index (χ1v) is 2.01. The van der Waals surface area contributed by atoms with Crippen LogP contribution in [0.4, 0.5) is 8.78 Å². The molecule has 0 amide bonds. The van der Waals surface area contributed by atoms with Crippen molar-refractivity contribution in [1.29, 1.82) is 0 Å². The van der Waals surface area contributed by atoms with Crippen molar-refractivity contribution in [3.8, 4) is 0 Å². The summed E-state index contributed by atoms with van der Waals surface area (Å²) in [5.41, 5.74) is 0. The molecule has 1 N–H and O–H groups in total. The summed E-state index contributed by atoms with van der Waals surface area (Å²) in [6.07, 6.45) is 2.49. The molecular formula is C4H5F2N. The summed E-state index contributed by atoms with van der Waals surface area (Å²) in [5.74, 6) is 0. The normalized spacial score (nSPS) is 24.9. The fourth-order valence-electron chi connectivity index (χ4n) is 0.447. The third-order valence-electron chi connectivity index (χ3n) is 0.787. The van der Waals surface area contributed by atoms with E-state index in [0.29, 0.717) is 0 Å². The Morgan fingerprint density at radius 1 is 1.57 bits per heavy atom. The van der Waals surface area contributed by atoms with E-state index >= 15 is 0 Å². The number of halogens is 2. The lowest BCUT2D eigenvalue weighted by molar-refractivity contribution is -0.00881. The van der Waals surface area contributed by atoms with Crippen LogP contribution in [0.15, 0.2) is 12.3 Å². The van der Waals surface area contributed by atoms with Crippen molar-refractivity contribution in [2.75, 3.05) is 0 Å². The van der Waals surface area contributed by atoms with Gasteiger partial charge in [0.1, 0.15) is 0 Å². The number of hydrogen-bond donors (Lipinski definition) is 1. The molecule has 1 rings (SSSR count).